The van der Waals surface area contributed by atoms with Crippen molar-refractivity contribution < 1.29 is 19.1 Å². The van der Waals surface area contributed by atoms with Crippen molar-refractivity contribution >= 4 is 23.6 Å². The molecule has 0 heterocycles. The van der Waals surface area contributed by atoms with Gasteiger partial charge in [0, 0.05) is 5.69 Å². The lowest BCUT2D eigenvalue weighted by atomic mass is 10.0. The Hall–Kier alpha value is -3.15. The number of hydrogen-bond donors (Lipinski definition) is 2. The Morgan fingerprint density at radius 3 is 2.08 bits per heavy atom. The molecule has 1 unspecified atom stereocenters. The van der Waals surface area contributed by atoms with Crippen molar-refractivity contribution in [1.29, 1.82) is 0 Å². The Morgan fingerprint density at radius 2 is 1.50 bits per heavy atom. The maximum Gasteiger partial charge on any atom is 0.338 e. The van der Waals surface area contributed by atoms with Crippen LogP contribution in [0.3, 0.4) is 0 Å². The number of carbonyl (C=O) groups is 3. The van der Waals surface area contributed by atoms with E-state index in [1.54, 1.807) is 36.4 Å². The highest BCUT2D eigenvalue weighted by Gasteiger charge is 2.21. The maximum atomic E-state index is 12.1. The Labute approximate surface area is 152 Å². The van der Waals surface area contributed by atoms with Crippen LogP contribution in [0.2, 0.25) is 0 Å². The average molecular weight is 354 g/mol. The summed E-state index contributed by atoms with van der Waals surface area (Å²) in [5.74, 6) is -0.968. The molecule has 1 atom stereocenters. The molecule has 0 saturated heterocycles. The van der Waals surface area contributed by atoms with E-state index in [2.05, 4.69) is 24.5 Å². The molecule has 0 aromatic heterocycles. The number of nitrogens with one attached hydrogen (secondary N) is 2. The number of anilines is 1. The molecule has 0 aliphatic carbocycles. The molecule has 0 fully saturated rings. The summed E-state index contributed by atoms with van der Waals surface area (Å²) in [6.07, 6.45) is -1.10. The monoisotopic (exact) mass is 354 g/mol. The highest BCUT2D eigenvalue weighted by Crippen LogP contribution is 2.15. The second kappa shape index (κ2) is 8.80. The quantitative estimate of drug-likeness (QED) is 0.802. The molecular weight excluding hydrogens is 332 g/mol. The molecule has 6 nitrogen and oxygen atoms in total. The molecule has 2 aromatic carbocycles. The van der Waals surface area contributed by atoms with Crippen LogP contribution >= 0.6 is 0 Å². The van der Waals surface area contributed by atoms with E-state index in [1.807, 2.05) is 18.2 Å². The lowest BCUT2D eigenvalue weighted by Gasteiger charge is -2.14. The number of urea groups is 1. The van der Waals surface area contributed by atoms with Gasteiger partial charge in [0.1, 0.15) is 0 Å². The fourth-order valence-electron chi connectivity index (χ4n) is 2.18. The minimum Gasteiger partial charge on any atom is -0.449 e. The van der Waals surface area contributed by atoms with Gasteiger partial charge < -0.3 is 10.1 Å². The Kier molecular flexibility index (Phi) is 6.49. The third-order valence-corrected chi connectivity index (χ3v) is 3.73. The fraction of sp³-hybridized carbons (Fsp3) is 0.250. The summed E-state index contributed by atoms with van der Waals surface area (Å²) in [5.41, 5.74) is 2.00. The molecule has 3 amide bonds. The third-order valence-electron chi connectivity index (χ3n) is 3.73. The lowest BCUT2D eigenvalue weighted by Crippen LogP contribution is -2.41. The van der Waals surface area contributed by atoms with Crippen molar-refractivity contribution in [3.8, 4) is 0 Å². The summed E-state index contributed by atoms with van der Waals surface area (Å²) in [4.78, 5) is 35.9. The molecule has 2 aromatic rings. The predicted octanol–water partition coefficient (Wildman–Crippen LogP) is 3.70. The number of carbonyl (C=O) groups excluding carboxylic acids is 3. The normalized spacial score (nSPS) is 11.5. The second-order valence-corrected chi connectivity index (χ2v) is 6.13. The Morgan fingerprint density at radius 1 is 0.885 bits per heavy atom. The number of ether oxygens (including phenoxy) is 1. The number of rotatable bonds is 5. The lowest BCUT2D eigenvalue weighted by molar-refractivity contribution is -0.127. The number of amides is 3. The van der Waals surface area contributed by atoms with Gasteiger partial charge in [-0.1, -0.05) is 44.2 Å². The summed E-state index contributed by atoms with van der Waals surface area (Å²) in [7, 11) is 0. The molecule has 136 valence electrons. The van der Waals surface area contributed by atoms with Crippen molar-refractivity contribution in [1.82, 2.24) is 5.32 Å². The van der Waals surface area contributed by atoms with Gasteiger partial charge in [0.2, 0.25) is 0 Å². The highest BCUT2D eigenvalue weighted by molar-refractivity contribution is 6.03. The SMILES string of the molecule is CC(OC(=O)c1ccc(C(C)C)cc1)C(=O)NC(=O)Nc1ccccc1. The van der Waals surface area contributed by atoms with Crippen LogP contribution in [-0.4, -0.2) is 24.0 Å². The average Bonchev–Trinajstić information content (AvgIpc) is 2.62. The highest BCUT2D eigenvalue weighted by atomic mass is 16.5. The number of hydrogen-bond acceptors (Lipinski definition) is 4. The van der Waals surface area contributed by atoms with Gasteiger partial charge in [-0.05, 0) is 42.7 Å². The minimum atomic E-state index is -1.10. The maximum absolute atomic E-state index is 12.1. The number of para-hydroxylation sites is 1. The summed E-state index contributed by atoms with van der Waals surface area (Å²) in [6, 6.07) is 15.0. The van der Waals surface area contributed by atoms with Gasteiger partial charge in [-0.3, -0.25) is 10.1 Å². The molecule has 6 heteroatoms. The van der Waals surface area contributed by atoms with E-state index in [0.29, 0.717) is 17.2 Å². The standard InChI is InChI=1S/C20H22N2O4/c1-13(2)15-9-11-16(12-10-15)19(24)26-14(3)18(23)22-20(25)21-17-7-5-4-6-8-17/h4-14H,1-3H3,(H2,21,22,23,25). The fourth-order valence-corrected chi connectivity index (χ4v) is 2.18. The van der Waals surface area contributed by atoms with E-state index >= 15 is 0 Å². The van der Waals surface area contributed by atoms with Gasteiger partial charge in [0.25, 0.3) is 5.91 Å². The molecule has 0 saturated carbocycles. The molecule has 0 radical (unpaired) electrons. The van der Waals surface area contributed by atoms with Gasteiger partial charge in [0.05, 0.1) is 5.56 Å². The molecule has 0 aliphatic heterocycles. The van der Waals surface area contributed by atoms with Crippen molar-refractivity contribution in [2.24, 2.45) is 0 Å². The molecule has 0 spiro atoms. The van der Waals surface area contributed by atoms with Gasteiger partial charge >= 0.3 is 12.0 Å². The van der Waals surface area contributed by atoms with Crippen molar-refractivity contribution in [3.63, 3.8) is 0 Å². The van der Waals surface area contributed by atoms with Crippen LogP contribution in [0, 0.1) is 0 Å². The van der Waals surface area contributed by atoms with E-state index in [4.69, 9.17) is 4.74 Å². The van der Waals surface area contributed by atoms with Crippen LogP contribution in [0.4, 0.5) is 10.5 Å². The van der Waals surface area contributed by atoms with Crippen LogP contribution in [0.5, 0.6) is 0 Å². The predicted molar refractivity (Wildman–Crippen MR) is 99.0 cm³/mol. The van der Waals surface area contributed by atoms with Crippen LogP contribution in [0.1, 0.15) is 42.6 Å². The molecule has 26 heavy (non-hydrogen) atoms. The van der Waals surface area contributed by atoms with Crippen molar-refractivity contribution in [2.45, 2.75) is 32.8 Å². The van der Waals surface area contributed by atoms with Crippen LogP contribution < -0.4 is 10.6 Å². The molecule has 2 N–H and O–H groups in total. The third kappa shape index (κ3) is 5.44. The van der Waals surface area contributed by atoms with E-state index in [-0.39, 0.29) is 0 Å². The zero-order valence-electron chi connectivity index (χ0n) is 15.0. The van der Waals surface area contributed by atoms with Crippen molar-refractivity contribution in [2.75, 3.05) is 5.32 Å². The van der Waals surface area contributed by atoms with Crippen LogP contribution in [-0.2, 0) is 9.53 Å². The Bertz CT molecular complexity index is 770. The summed E-state index contributed by atoms with van der Waals surface area (Å²) < 4.78 is 5.12. The van der Waals surface area contributed by atoms with Gasteiger partial charge in [-0.25, -0.2) is 9.59 Å². The first-order valence-electron chi connectivity index (χ1n) is 8.34. The van der Waals surface area contributed by atoms with Gasteiger partial charge in [-0.2, -0.15) is 0 Å². The van der Waals surface area contributed by atoms with E-state index in [9.17, 15) is 14.4 Å². The van der Waals surface area contributed by atoms with E-state index < -0.39 is 24.0 Å². The largest absolute Gasteiger partial charge is 0.449 e. The number of benzene rings is 2. The first-order chi connectivity index (χ1) is 12.4. The first kappa shape index (κ1) is 19.2. The second-order valence-electron chi connectivity index (χ2n) is 6.13. The first-order valence-corrected chi connectivity index (χ1v) is 8.34. The summed E-state index contributed by atoms with van der Waals surface area (Å²) in [5, 5.41) is 4.66. The molecule has 2 rings (SSSR count). The van der Waals surface area contributed by atoms with Crippen molar-refractivity contribution in [3.05, 3.63) is 65.7 Å². The van der Waals surface area contributed by atoms with Gasteiger partial charge in [-0.15, -0.1) is 0 Å². The summed E-state index contributed by atoms with van der Waals surface area (Å²) in [6.45, 7) is 5.52. The molecule has 0 aliphatic rings. The molecule has 0 bridgehead atoms. The molecular formula is C20H22N2O4. The van der Waals surface area contributed by atoms with Gasteiger partial charge in [0.15, 0.2) is 6.10 Å². The zero-order chi connectivity index (χ0) is 19.1. The number of imide groups is 1. The smallest absolute Gasteiger partial charge is 0.338 e. The summed E-state index contributed by atoms with van der Waals surface area (Å²) >= 11 is 0. The van der Waals surface area contributed by atoms with Crippen LogP contribution in [0.25, 0.3) is 0 Å². The van der Waals surface area contributed by atoms with E-state index in [0.717, 1.165) is 5.56 Å². The van der Waals surface area contributed by atoms with E-state index in [1.165, 1.54) is 6.92 Å². The van der Waals surface area contributed by atoms with Crippen LogP contribution in [0.15, 0.2) is 54.6 Å². The topological polar surface area (TPSA) is 84.5 Å². The Balaban J connectivity index is 1.87. The number of esters is 1. The minimum absolute atomic E-state index is 0.350. The zero-order valence-corrected chi connectivity index (χ0v) is 15.0.